The Morgan fingerprint density at radius 3 is 2.67 bits per heavy atom. The van der Waals surface area contributed by atoms with Crippen LogP contribution in [0, 0.1) is 12.7 Å². The summed E-state index contributed by atoms with van der Waals surface area (Å²) in [6.45, 7) is 3.39. The SMILES string of the molecule is CN=C(NCc1scnc1C)NCC1(c2ccccc2F)CC1.I. The van der Waals surface area contributed by atoms with Crippen LogP contribution in [-0.2, 0) is 12.0 Å². The molecule has 1 fully saturated rings. The summed E-state index contributed by atoms with van der Waals surface area (Å²) in [6.07, 6.45) is 2.01. The molecule has 1 aliphatic carbocycles. The van der Waals surface area contributed by atoms with Crippen LogP contribution in [0.3, 0.4) is 0 Å². The molecule has 1 saturated carbocycles. The lowest BCUT2D eigenvalue weighted by atomic mass is 9.95. The van der Waals surface area contributed by atoms with Gasteiger partial charge in [-0.25, -0.2) is 9.37 Å². The molecule has 7 heteroatoms. The Hall–Kier alpha value is -1.22. The van der Waals surface area contributed by atoms with E-state index < -0.39 is 0 Å². The van der Waals surface area contributed by atoms with Crippen LogP contribution >= 0.6 is 35.3 Å². The highest BCUT2D eigenvalue weighted by Crippen LogP contribution is 2.48. The predicted molar refractivity (Wildman–Crippen MR) is 108 cm³/mol. The van der Waals surface area contributed by atoms with Crippen molar-refractivity contribution < 1.29 is 4.39 Å². The number of guanidine groups is 1. The zero-order valence-electron chi connectivity index (χ0n) is 13.8. The summed E-state index contributed by atoms with van der Waals surface area (Å²) in [4.78, 5) is 9.69. The lowest BCUT2D eigenvalue weighted by Crippen LogP contribution is -2.41. The number of aryl methyl sites for hydroxylation is 1. The smallest absolute Gasteiger partial charge is 0.191 e. The van der Waals surface area contributed by atoms with Crippen LogP contribution < -0.4 is 10.6 Å². The number of halogens is 2. The molecule has 0 aliphatic heterocycles. The van der Waals surface area contributed by atoms with Gasteiger partial charge in [-0.3, -0.25) is 4.99 Å². The quantitative estimate of drug-likeness (QED) is 0.407. The molecule has 24 heavy (non-hydrogen) atoms. The molecule has 4 nitrogen and oxygen atoms in total. The fourth-order valence-electron chi connectivity index (χ4n) is 2.72. The largest absolute Gasteiger partial charge is 0.356 e. The van der Waals surface area contributed by atoms with Crippen molar-refractivity contribution in [3.05, 3.63) is 51.7 Å². The molecule has 0 spiro atoms. The Morgan fingerprint density at radius 2 is 2.08 bits per heavy atom. The Balaban J connectivity index is 0.00000208. The molecule has 0 radical (unpaired) electrons. The first-order valence-corrected chi connectivity index (χ1v) is 8.61. The van der Waals surface area contributed by atoms with E-state index in [2.05, 4.69) is 20.6 Å². The molecule has 1 aromatic carbocycles. The zero-order valence-corrected chi connectivity index (χ0v) is 17.0. The van der Waals surface area contributed by atoms with E-state index in [0.29, 0.717) is 13.1 Å². The van der Waals surface area contributed by atoms with Crippen molar-refractivity contribution in [1.29, 1.82) is 0 Å². The van der Waals surface area contributed by atoms with Gasteiger partial charge in [-0.1, -0.05) is 18.2 Å². The van der Waals surface area contributed by atoms with Gasteiger partial charge in [-0.2, -0.15) is 0 Å². The third-order valence-corrected chi connectivity index (χ3v) is 5.31. The van der Waals surface area contributed by atoms with Crippen molar-refractivity contribution in [2.24, 2.45) is 4.99 Å². The van der Waals surface area contributed by atoms with Crippen LogP contribution in [0.25, 0.3) is 0 Å². The first-order chi connectivity index (χ1) is 11.1. The van der Waals surface area contributed by atoms with Crippen LogP contribution in [0.15, 0.2) is 34.8 Å². The fourth-order valence-corrected chi connectivity index (χ4v) is 3.43. The van der Waals surface area contributed by atoms with E-state index >= 15 is 0 Å². The molecule has 2 aromatic rings. The van der Waals surface area contributed by atoms with E-state index in [4.69, 9.17) is 0 Å². The maximum Gasteiger partial charge on any atom is 0.191 e. The van der Waals surface area contributed by atoms with Gasteiger partial charge in [0.15, 0.2) is 5.96 Å². The molecule has 1 aromatic heterocycles. The number of rotatable bonds is 5. The predicted octanol–water partition coefficient (Wildman–Crippen LogP) is 3.61. The van der Waals surface area contributed by atoms with E-state index in [1.807, 2.05) is 24.6 Å². The van der Waals surface area contributed by atoms with E-state index in [-0.39, 0.29) is 35.2 Å². The standard InChI is InChI=1S/C17H21FN4S.HI/c1-12-15(23-11-22-12)9-20-16(19-2)21-10-17(7-8-17)13-5-3-4-6-14(13)18;/h3-6,11H,7-10H2,1-2H3,(H2,19,20,21);1H. The summed E-state index contributed by atoms with van der Waals surface area (Å²) in [5.41, 5.74) is 3.60. The lowest BCUT2D eigenvalue weighted by Gasteiger charge is -2.19. The Kier molecular flexibility index (Phi) is 6.56. The van der Waals surface area contributed by atoms with Gasteiger partial charge >= 0.3 is 0 Å². The first-order valence-electron chi connectivity index (χ1n) is 7.73. The monoisotopic (exact) mass is 460 g/mol. The minimum Gasteiger partial charge on any atom is -0.356 e. The Labute approximate surface area is 163 Å². The lowest BCUT2D eigenvalue weighted by molar-refractivity contribution is 0.559. The van der Waals surface area contributed by atoms with E-state index in [0.717, 1.165) is 30.1 Å². The second-order valence-corrected chi connectivity index (χ2v) is 6.84. The van der Waals surface area contributed by atoms with Crippen molar-refractivity contribution in [3.63, 3.8) is 0 Å². The Bertz CT molecular complexity index is 712. The van der Waals surface area contributed by atoms with Gasteiger partial charge < -0.3 is 10.6 Å². The molecule has 0 atom stereocenters. The second-order valence-electron chi connectivity index (χ2n) is 5.90. The number of benzene rings is 1. The van der Waals surface area contributed by atoms with Crippen molar-refractivity contribution in [2.75, 3.05) is 13.6 Å². The number of aromatic nitrogens is 1. The molecule has 3 rings (SSSR count). The molecular weight excluding hydrogens is 438 g/mol. The maximum atomic E-state index is 14.0. The molecule has 0 saturated heterocycles. The third kappa shape index (κ3) is 4.24. The van der Waals surface area contributed by atoms with Crippen LogP contribution in [0.5, 0.6) is 0 Å². The van der Waals surface area contributed by atoms with Gasteiger partial charge in [0.25, 0.3) is 0 Å². The molecule has 0 unspecified atom stereocenters. The fraction of sp³-hybridized carbons (Fsp3) is 0.412. The van der Waals surface area contributed by atoms with Crippen LogP contribution in [-0.4, -0.2) is 24.5 Å². The van der Waals surface area contributed by atoms with Gasteiger partial charge in [0.2, 0.25) is 0 Å². The second kappa shape index (κ2) is 8.24. The summed E-state index contributed by atoms with van der Waals surface area (Å²) < 4.78 is 14.0. The van der Waals surface area contributed by atoms with Crippen LogP contribution in [0.4, 0.5) is 4.39 Å². The van der Waals surface area contributed by atoms with Crippen LogP contribution in [0.1, 0.15) is 29.0 Å². The summed E-state index contributed by atoms with van der Waals surface area (Å²) in [7, 11) is 1.75. The molecule has 130 valence electrons. The summed E-state index contributed by atoms with van der Waals surface area (Å²) in [5, 5.41) is 6.63. The van der Waals surface area contributed by atoms with Gasteiger partial charge in [-0.15, -0.1) is 35.3 Å². The molecule has 1 heterocycles. The topological polar surface area (TPSA) is 49.3 Å². The Morgan fingerprint density at radius 1 is 1.33 bits per heavy atom. The molecule has 0 amide bonds. The highest BCUT2D eigenvalue weighted by Gasteiger charge is 2.45. The van der Waals surface area contributed by atoms with E-state index in [1.165, 1.54) is 10.9 Å². The van der Waals surface area contributed by atoms with Crippen molar-refractivity contribution in [3.8, 4) is 0 Å². The van der Waals surface area contributed by atoms with Crippen LogP contribution in [0.2, 0.25) is 0 Å². The number of thiazole rings is 1. The molecule has 1 aliphatic rings. The molecule has 2 N–H and O–H groups in total. The highest BCUT2D eigenvalue weighted by molar-refractivity contribution is 14.0. The highest BCUT2D eigenvalue weighted by atomic mass is 127. The third-order valence-electron chi connectivity index (χ3n) is 4.38. The zero-order chi connectivity index (χ0) is 16.3. The van der Waals surface area contributed by atoms with Crippen molar-refractivity contribution >= 4 is 41.3 Å². The summed E-state index contributed by atoms with van der Waals surface area (Å²) in [5.74, 6) is 0.621. The van der Waals surface area contributed by atoms with Gasteiger partial charge in [-0.05, 0) is 31.4 Å². The van der Waals surface area contributed by atoms with Gasteiger partial charge in [0.05, 0.1) is 17.7 Å². The first kappa shape index (κ1) is 19.1. The summed E-state index contributed by atoms with van der Waals surface area (Å²) in [6, 6.07) is 7.06. The average molecular weight is 460 g/mol. The van der Waals surface area contributed by atoms with Gasteiger partial charge in [0, 0.05) is 23.9 Å². The van der Waals surface area contributed by atoms with Crippen molar-refractivity contribution in [1.82, 2.24) is 15.6 Å². The average Bonchev–Trinajstić information content (AvgIpc) is 3.23. The number of nitrogens with zero attached hydrogens (tertiary/aromatic N) is 2. The minimum atomic E-state index is -0.116. The summed E-state index contributed by atoms with van der Waals surface area (Å²) >= 11 is 1.63. The number of hydrogen-bond acceptors (Lipinski definition) is 3. The normalized spacial score (nSPS) is 15.5. The van der Waals surface area contributed by atoms with E-state index in [9.17, 15) is 4.39 Å². The van der Waals surface area contributed by atoms with Crippen molar-refractivity contribution in [2.45, 2.75) is 31.7 Å². The number of nitrogens with one attached hydrogen (secondary N) is 2. The number of hydrogen-bond donors (Lipinski definition) is 2. The maximum absolute atomic E-state index is 14.0. The molecule has 0 bridgehead atoms. The van der Waals surface area contributed by atoms with Gasteiger partial charge in [0.1, 0.15) is 5.82 Å². The minimum absolute atomic E-state index is 0. The van der Waals surface area contributed by atoms with E-state index in [1.54, 1.807) is 24.5 Å². The molecular formula is C17H22FIN4S. The number of aliphatic imine (C=N–C) groups is 1.